The van der Waals surface area contributed by atoms with Crippen LogP contribution in [0, 0.1) is 0 Å². The van der Waals surface area contributed by atoms with Gasteiger partial charge < -0.3 is 5.73 Å². The molecule has 1 aliphatic heterocycles. The van der Waals surface area contributed by atoms with Gasteiger partial charge in [-0.1, -0.05) is 13.3 Å². The third-order valence-corrected chi connectivity index (χ3v) is 5.57. The number of hydrogen-bond donors (Lipinski definition) is 1. The maximum Gasteiger partial charge on any atom is 0.202 e. The maximum atomic E-state index is 11.7. The van der Waals surface area contributed by atoms with Crippen LogP contribution in [0.25, 0.3) is 11.2 Å². The summed E-state index contributed by atoms with van der Waals surface area (Å²) in [5.41, 5.74) is 8.57. The highest BCUT2D eigenvalue weighted by Gasteiger charge is 2.32. The molecule has 0 aliphatic carbocycles. The van der Waals surface area contributed by atoms with E-state index in [2.05, 4.69) is 17.0 Å². The molecule has 1 fully saturated rings. The minimum absolute atomic E-state index is 0.130. The number of aromatic nitrogens is 4. The molecule has 0 spiro atoms. The average molecular weight is 297 g/mol. The molecule has 8 heteroatoms. The van der Waals surface area contributed by atoms with E-state index >= 15 is 0 Å². The summed E-state index contributed by atoms with van der Waals surface area (Å²) in [5.74, 6) is 0.736. The first-order chi connectivity index (χ1) is 9.43. The number of sulfone groups is 1. The molecule has 0 bridgehead atoms. The van der Waals surface area contributed by atoms with E-state index in [0.29, 0.717) is 12.4 Å². The number of nitrogens with zero attached hydrogens (tertiary/aromatic N) is 4. The minimum Gasteiger partial charge on any atom is -0.369 e. The fraction of sp³-hybridized carbons (Fsp3) is 0.667. The van der Waals surface area contributed by atoms with Crippen LogP contribution in [-0.2, 0) is 23.3 Å². The second-order valence-corrected chi connectivity index (χ2v) is 7.62. The van der Waals surface area contributed by atoms with E-state index in [0.717, 1.165) is 29.7 Å². The van der Waals surface area contributed by atoms with Gasteiger partial charge in [-0.2, -0.15) is 5.10 Å². The predicted octanol–water partition coefficient (Wildman–Crippen LogP) is 0.664. The molecule has 2 aromatic heterocycles. The largest absolute Gasteiger partial charge is 0.369 e. The lowest BCUT2D eigenvalue weighted by Gasteiger charge is -2.12. The van der Waals surface area contributed by atoms with Crippen molar-refractivity contribution in [1.29, 1.82) is 0 Å². The van der Waals surface area contributed by atoms with Crippen LogP contribution in [0.1, 0.15) is 31.5 Å². The Morgan fingerprint density at radius 3 is 2.80 bits per heavy atom. The Labute approximate surface area is 117 Å². The van der Waals surface area contributed by atoms with Crippen LogP contribution in [0.15, 0.2) is 0 Å². The average Bonchev–Trinajstić information content (AvgIpc) is 2.96. The molecule has 1 aliphatic rings. The summed E-state index contributed by atoms with van der Waals surface area (Å²) in [4.78, 5) is 4.41. The Balaban J connectivity index is 2.14. The van der Waals surface area contributed by atoms with Crippen molar-refractivity contribution in [2.75, 3.05) is 17.2 Å². The van der Waals surface area contributed by atoms with Crippen molar-refractivity contribution >= 4 is 26.9 Å². The Morgan fingerprint density at radius 2 is 2.20 bits per heavy atom. The summed E-state index contributed by atoms with van der Waals surface area (Å²) in [5, 5.41) is 4.48. The van der Waals surface area contributed by atoms with Crippen molar-refractivity contribution in [2.45, 2.75) is 32.2 Å². The molecule has 7 nitrogen and oxygen atoms in total. The highest BCUT2D eigenvalue weighted by molar-refractivity contribution is 7.91. The molecule has 1 saturated heterocycles. The second-order valence-electron chi connectivity index (χ2n) is 5.39. The van der Waals surface area contributed by atoms with Crippen LogP contribution >= 0.6 is 0 Å². The molecule has 0 radical (unpaired) electrons. The van der Waals surface area contributed by atoms with Crippen LogP contribution in [0.3, 0.4) is 0 Å². The fourth-order valence-corrected chi connectivity index (χ4v) is 4.66. The third kappa shape index (κ3) is 1.98. The van der Waals surface area contributed by atoms with Crippen molar-refractivity contribution in [3.05, 3.63) is 5.69 Å². The molecular formula is C12H19N5O2S. The number of rotatable bonds is 3. The number of fused-ring (bicyclic) bond motifs is 1. The lowest BCUT2D eigenvalue weighted by Crippen LogP contribution is -2.15. The van der Waals surface area contributed by atoms with Crippen LogP contribution in [0.5, 0.6) is 0 Å². The Morgan fingerprint density at radius 1 is 1.45 bits per heavy atom. The number of nitrogen functional groups attached to an aromatic ring is 1. The molecular weight excluding hydrogens is 278 g/mol. The van der Waals surface area contributed by atoms with E-state index in [1.807, 2.05) is 11.6 Å². The zero-order valence-electron chi connectivity index (χ0n) is 11.7. The van der Waals surface area contributed by atoms with Gasteiger partial charge in [0.25, 0.3) is 0 Å². The fourth-order valence-electron chi connectivity index (χ4n) is 2.96. The van der Waals surface area contributed by atoms with Gasteiger partial charge >= 0.3 is 0 Å². The van der Waals surface area contributed by atoms with E-state index < -0.39 is 9.84 Å². The number of aryl methyl sites for hydroxylation is 2. The van der Waals surface area contributed by atoms with Crippen LogP contribution in [0.2, 0.25) is 0 Å². The SMILES string of the molecule is CCCc1nn(C)c2c1nc(N)n2C1CCS(=O)(=O)C1. The lowest BCUT2D eigenvalue weighted by molar-refractivity contribution is 0.561. The van der Waals surface area contributed by atoms with Crippen molar-refractivity contribution in [2.24, 2.45) is 7.05 Å². The highest BCUT2D eigenvalue weighted by Crippen LogP contribution is 2.31. The smallest absolute Gasteiger partial charge is 0.202 e. The van der Waals surface area contributed by atoms with E-state index in [4.69, 9.17) is 5.73 Å². The van der Waals surface area contributed by atoms with Gasteiger partial charge in [0.05, 0.1) is 23.2 Å². The molecule has 0 amide bonds. The Kier molecular flexibility index (Phi) is 3.00. The van der Waals surface area contributed by atoms with Gasteiger partial charge in [-0.25, -0.2) is 13.4 Å². The van der Waals surface area contributed by atoms with Crippen molar-refractivity contribution < 1.29 is 8.42 Å². The Hall–Kier alpha value is -1.57. The van der Waals surface area contributed by atoms with E-state index in [1.54, 1.807) is 4.68 Å². The third-order valence-electron chi connectivity index (χ3n) is 3.82. The normalized spacial score (nSPS) is 21.8. The standard InChI is InChI=1S/C12H19N5O2S/c1-3-4-9-10-11(16(2)15-9)17(12(13)14-10)8-5-6-20(18,19)7-8/h8H,3-7H2,1-2H3,(H2,13,14). The van der Waals surface area contributed by atoms with Crippen molar-refractivity contribution in [3.8, 4) is 0 Å². The molecule has 0 saturated carbocycles. The van der Waals surface area contributed by atoms with Gasteiger partial charge in [-0.3, -0.25) is 9.25 Å². The monoisotopic (exact) mass is 297 g/mol. The Bertz CT molecular complexity index is 758. The zero-order chi connectivity index (χ0) is 14.5. The van der Waals surface area contributed by atoms with Gasteiger partial charge in [-0.15, -0.1) is 0 Å². The first-order valence-electron chi connectivity index (χ1n) is 6.82. The van der Waals surface area contributed by atoms with E-state index in [9.17, 15) is 8.42 Å². The summed E-state index contributed by atoms with van der Waals surface area (Å²) in [6.45, 7) is 2.09. The molecule has 20 heavy (non-hydrogen) atoms. The zero-order valence-corrected chi connectivity index (χ0v) is 12.5. The molecule has 1 atom stereocenters. The van der Waals surface area contributed by atoms with Crippen molar-refractivity contribution in [3.63, 3.8) is 0 Å². The summed E-state index contributed by atoms with van der Waals surface area (Å²) >= 11 is 0. The number of nitrogens with two attached hydrogens (primary N) is 1. The van der Waals surface area contributed by atoms with Gasteiger partial charge in [0.1, 0.15) is 5.52 Å². The summed E-state index contributed by atoms with van der Waals surface area (Å²) in [7, 11) is -1.11. The molecule has 3 rings (SSSR count). The molecule has 0 aromatic carbocycles. The first kappa shape index (κ1) is 13.4. The number of anilines is 1. The minimum atomic E-state index is -2.96. The summed E-state index contributed by atoms with van der Waals surface area (Å²) in [6, 6.07) is -0.130. The maximum absolute atomic E-state index is 11.7. The molecule has 1 unspecified atom stereocenters. The van der Waals surface area contributed by atoms with E-state index in [1.165, 1.54) is 0 Å². The quantitative estimate of drug-likeness (QED) is 0.898. The second kappa shape index (κ2) is 4.47. The lowest BCUT2D eigenvalue weighted by atomic mass is 10.2. The first-order valence-corrected chi connectivity index (χ1v) is 8.64. The van der Waals surface area contributed by atoms with Crippen LogP contribution in [0.4, 0.5) is 5.95 Å². The van der Waals surface area contributed by atoms with E-state index in [-0.39, 0.29) is 17.5 Å². The van der Waals surface area contributed by atoms with Gasteiger partial charge in [0.2, 0.25) is 5.95 Å². The van der Waals surface area contributed by atoms with Gasteiger partial charge in [-0.05, 0) is 12.8 Å². The molecule has 3 heterocycles. The molecule has 2 N–H and O–H groups in total. The van der Waals surface area contributed by atoms with Gasteiger partial charge in [0.15, 0.2) is 15.5 Å². The van der Waals surface area contributed by atoms with Gasteiger partial charge in [0, 0.05) is 7.05 Å². The number of imidazole rings is 1. The van der Waals surface area contributed by atoms with Crippen LogP contribution < -0.4 is 5.73 Å². The molecule has 110 valence electrons. The number of hydrogen-bond acceptors (Lipinski definition) is 5. The summed E-state index contributed by atoms with van der Waals surface area (Å²) < 4.78 is 27.0. The van der Waals surface area contributed by atoms with Crippen molar-refractivity contribution in [1.82, 2.24) is 19.3 Å². The highest BCUT2D eigenvalue weighted by atomic mass is 32.2. The topological polar surface area (TPSA) is 95.8 Å². The predicted molar refractivity (Wildman–Crippen MR) is 77.2 cm³/mol. The summed E-state index contributed by atoms with van der Waals surface area (Å²) in [6.07, 6.45) is 2.42. The van der Waals surface area contributed by atoms with Crippen LogP contribution in [-0.4, -0.2) is 39.3 Å². The molecule has 2 aromatic rings.